The Bertz CT molecular complexity index is 1250. The summed E-state index contributed by atoms with van der Waals surface area (Å²) in [5.74, 6) is 0.123. The van der Waals surface area contributed by atoms with E-state index in [0.717, 1.165) is 33.4 Å². The normalized spacial score (nSPS) is 20.2. The van der Waals surface area contributed by atoms with Gasteiger partial charge < -0.3 is 0 Å². The van der Waals surface area contributed by atoms with E-state index >= 15 is 0 Å². The molecule has 0 saturated heterocycles. The molecule has 0 saturated carbocycles. The van der Waals surface area contributed by atoms with Crippen molar-refractivity contribution in [1.82, 2.24) is 0 Å². The van der Waals surface area contributed by atoms with Crippen LogP contribution in [0.15, 0.2) is 109 Å². The molecule has 1 atom stereocenters. The molecule has 2 aliphatic rings. The van der Waals surface area contributed by atoms with E-state index in [-0.39, 0.29) is 11.2 Å². The fourth-order valence-corrected chi connectivity index (χ4v) is 4.91. The first-order valence-corrected chi connectivity index (χ1v) is 10.8. The number of hydrogen-bond acceptors (Lipinski definition) is 1. The topological polar surface area (TPSA) is 17.1 Å². The fourth-order valence-electron chi connectivity index (χ4n) is 4.91. The maximum atomic E-state index is 13.8. The molecule has 0 heterocycles. The fraction of sp³-hybridized carbons (Fsp3) is 0.167. The molecule has 1 unspecified atom stereocenters. The van der Waals surface area contributed by atoms with Crippen LogP contribution in [-0.4, -0.2) is 5.78 Å². The molecule has 0 radical (unpaired) electrons. The second-order valence-corrected chi connectivity index (χ2v) is 9.38. The molecule has 0 aliphatic heterocycles. The summed E-state index contributed by atoms with van der Waals surface area (Å²) in [5, 5.41) is 0. The van der Waals surface area contributed by atoms with Crippen molar-refractivity contribution in [3.63, 3.8) is 0 Å². The Morgan fingerprint density at radius 1 is 0.677 bits per heavy atom. The molecular formula is C30H26O. The Labute approximate surface area is 184 Å². The first-order valence-electron chi connectivity index (χ1n) is 10.8. The predicted molar refractivity (Wildman–Crippen MR) is 129 cm³/mol. The lowest BCUT2D eigenvalue weighted by atomic mass is 9.66. The third-order valence-electron chi connectivity index (χ3n) is 6.43. The lowest BCUT2D eigenvalue weighted by molar-refractivity contribution is -0.116. The number of ketones is 1. The quantitative estimate of drug-likeness (QED) is 0.451. The van der Waals surface area contributed by atoms with Crippen molar-refractivity contribution in [3.8, 4) is 0 Å². The summed E-state index contributed by atoms with van der Waals surface area (Å²) in [6, 6.07) is 29.3. The van der Waals surface area contributed by atoms with Gasteiger partial charge in [-0.05, 0) is 50.5 Å². The molecule has 0 fully saturated rings. The van der Waals surface area contributed by atoms with Crippen LogP contribution >= 0.6 is 0 Å². The van der Waals surface area contributed by atoms with E-state index < -0.39 is 5.41 Å². The molecule has 0 bridgehead atoms. The van der Waals surface area contributed by atoms with Gasteiger partial charge in [0.15, 0.2) is 5.78 Å². The van der Waals surface area contributed by atoms with Crippen LogP contribution in [0.5, 0.6) is 0 Å². The van der Waals surface area contributed by atoms with E-state index in [0.29, 0.717) is 0 Å². The largest absolute Gasteiger partial charge is 0.293 e. The van der Waals surface area contributed by atoms with Crippen molar-refractivity contribution < 1.29 is 4.79 Å². The van der Waals surface area contributed by atoms with E-state index in [1.165, 1.54) is 5.57 Å². The van der Waals surface area contributed by atoms with Gasteiger partial charge >= 0.3 is 0 Å². The summed E-state index contributed by atoms with van der Waals surface area (Å²) in [6.45, 7) is 6.62. The van der Waals surface area contributed by atoms with Crippen LogP contribution in [-0.2, 0) is 10.2 Å². The lowest BCUT2D eigenvalue weighted by Gasteiger charge is -2.35. The summed E-state index contributed by atoms with van der Waals surface area (Å²) >= 11 is 0. The molecule has 1 nitrogen and oxygen atoms in total. The summed E-state index contributed by atoms with van der Waals surface area (Å²) in [4.78, 5) is 13.8. The van der Waals surface area contributed by atoms with Crippen LogP contribution in [0.1, 0.15) is 43.0 Å². The second-order valence-electron chi connectivity index (χ2n) is 9.38. The molecule has 3 aromatic rings. The van der Waals surface area contributed by atoms with Crippen LogP contribution in [0.25, 0.3) is 11.1 Å². The van der Waals surface area contributed by atoms with Gasteiger partial charge in [-0.2, -0.15) is 0 Å². The van der Waals surface area contributed by atoms with Crippen LogP contribution in [0, 0.1) is 5.41 Å². The highest BCUT2D eigenvalue weighted by molar-refractivity contribution is 6.22. The van der Waals surface area contributed by atoms with Gasteiger partial charge in [0.2, 0.25) is 0 Å². The molecule has 5 rings (SSSR count). The second kappa shape index (κ2) is 7.06. The molecule has 152 valence electrons. The van der Waals surface area contributed by atoms with Gasteiger partial charge in [-0.3, -0.25) is 4.79 Å². The number of hydrogen-bond donors (Lipinski definition) is 0. The van der Waals surface area contributed by atoms with Crippen LogP contribution in [0.4, 0.5) is 0 Å². The number of fused-ring (bicyclic) bond motifs is 2. The number of allylic oxidation sites excluding steroid dienone is 5. The van der Waals surface area contributed by atoms with Crippen molar-refractivity contribution in [2.24, 2.45) is 5.41 Å². The molecule has 31 heavy (non-hydrogen) atoms. The van der Waals surface area contributed by atoms with Gasteiger partial charge in [0, 0.05) is 0 Å². The molecule has 1 heteroatoms. The van der Waals surface area contributed by atoms with Gasteiger partial charge in [-0.15, -0.1) is 0 Å². The minimum atomic E-state index is -0.819. The third kappa shape index (κ3) is 2.96. The monoisotopic (exact) mass is 402 g/mol. The zero-order valence-corrected chi connectivity index (χ0v) is 18.2. The van der Waals surface area contributed by atoms with Crippen molar-refractivity contribution >= 4 is 16.9 Å². The predicted octanol–water partition coefficient (Wildman–Crippen LogP) is 7.01. The van der Waals surface area contributed by atoms with E-state index in [4.69, 9.17) is 0 Å². The van der Waals surface area contributed by atoms with Gasteiger partial charge in [0.1, 0.15) is 5.41 Å². The molecule has 3 aromatic carbocycles. The van der Waals surface area contributed by atoms with E-state index in [2.05, 4.69) is 93.6 Å². The van der Waals surface area contributed by atoms with E-state index in [1.54, 1.807) is 6.08 Å². The first kappa shape index (κ1) is 19.5. The maximum absolute atomic E-state index is 13.8. The Kier molecular flexibility index (Phi) is 4.44. The molecular weight excluding hydrogens is 376 g/mol. The SMILES string of the molecule is CC(C)(C)C1=CC2(C(=O)C=C1)C(c1ccccc1)=C(c1ccccc1)c1ccccc12. The maximum Gasteiger partial charge on any atom is 0.174 e. The average molecular weight is 403 g/mol. The standard InChI is InChI=1S/C30H26O/c1-29(2,3)23-18-19-26(31)30(20-23)25-17-11-10-16-24(25)27(21-12-6-4-7-13-21)28(30)22-14-8-5-9-15-22/h4-20H,1-3H3. The van der Waals surface area contributed by atoms with Crippen LogP contribution in [0.3, 0.4) is 0 Å². The van der Waals surface area contributed by atoms with Crippen molar-refractivity contribution in [1.29, 1.82) is 0 Å². The van der Waals surface area contributed by atoms with Crippen molar-refractivity contribution in [3.05, 3.63) is 131 Å². The highest BCUT2D eigenvalue weighted by Crippen LogP contribution is 2.56. The molecule has 0 N–H and O–H groups in total. The third-order valence-corrected chi connectivity index (χ3v) is 6.43. The molecule has 2 aliphatic carbocycles. The Hall–Kier alpha value is -3.45. The molecule has 1 spiro atoms. The van der Waals surface area contributed by atoms with Crippen molar-refractivity contribution in [2.75, 3.05) is 0 Å². The summed E-state index contributed by atoms with van der Waals surface area (Å²) < 4.78 is 0. The number of benzene rings is 3. The van der Waals surface area contributed by atoms with E-state index in [9.17, 15) is 4.79 Å². The minimum absolute atomic E-state index is 0.0591. The summed E-state index contributed by atoms with van der Waals surface area (Å²) in [6.07, 6.45) is 6.01. The highest BCUT2D eigenvalue weighted by Gasteiger charge is 2.50. The van der Waals surface area contributed by atoms with Gasteiger partial charge in [-0.1, -0.05) is 118 Å². The zero-order chi connectivity index (χ0) is 21.6. The smallest absolute Gasteiger partial charge is 0.174 e. The van der Waals surface area contributed by atoms with Crippen LogP contribution in [0.2, 0.25) is 0 Å². The Balaban J connectivity index is 1.94. The minimum Gasteiger partial charge on any atom is -0.293 e. The lowest BCUT2D eigenvalue weighted by Crippen LogP contribution is -2.36. The summed E-state index contributed by atoms with van der Waals surface area (Å²) in [5.41, 5.74) is 6.97. The number of rotatable bonds is 2. The Morgan fingerprint density at radius 2 is 1.26 bits per heavy atom. The van der Waals surface area contributed by atoms with Gasteiger partial charge in [0.25, 0.3) is 0 Å². The van der Waals surface area contributed by atoms with Gasteiger partial charge in [-0.25, -0.2) is 0 Å². The van der Waals surface area contributed by atoms with E-state index in [1.807, 2.05) is 24.3 Å². The summed E-state index contributed by atoms with van der Waals surface area (Å²) in [7, 11) is 0. The number of carbonyl (C=O) groups is 1. The van der Waals surface area contributed by atoms with Gasteiger partial charge in [0.05, 0.1) is 0 Å². The average Bonchev–Trinajstić information content (AvgIpc) is 3.07. The van der Waals surface area contributed by atoms with Crippen LogP contribution < -0.4 is 0 Å². The number of carbonyl (C=O) groups excluding carboxylic acids is 1. The Morgan fingerprint density at radius 3 is 1.90 bits per heavy atom. The van der Waals surface area contributed by atoms with Crippen molar-refractivity contribution in [2.45, 2.75) is 26.2 Å². The highest BCUT2D eigenvalue weighted by atomic mass is 16.1. The molecule has 0 aromatic heterocycles. The first-order chi connectivity index (χ1) is 14.9. The molecule has 0 amide bonds. The zero-order valence-electron chi connectivity index (χ0n) is 18.2.